The lowest BCUT2D eigenvalue weighted by Crippen LogP contribution is -2.17. The molecule has 5 heteroatoms. The summed E-state index contributed by atoms with van der Waals surface area (Å²) in [5, 5.41) is 10.1. The minimum Gasteiger partial charge on any atom is -0.495 e. The average molecular weight is 245 g/mol. The topological polar surface area (TPSA) is 47.9 Å². The number of ether oxygens (including phenoxy) is 3. The highest BCUT2D eigenvalue weighted by Crippen LogP contribution is 2.46. The summed E-state index contributed by atoms with van der Waals surface area (Å²) in [6, 6.07) is 1.67. The molecule has 0 radical (unpaired) electrons. The number of hydrogen-bond acceptors (Lipinski definition) is 4. The van der Waals surface area contributed by atoms with Gasteiger partial charge in [-0.25, -0.2) is 0 Å². The van der Waals surface area contributed by atoms with Crippen LogP contribution in [0.15, 0.2) is 6.07 Å². The number of aliphatic hydroxyl groups excluding tert-OH is 1. The van der Waals surface area contributed by atoms with E-state index in [2.05, 4.69) is 0 Å². The quantitative estimate of drug-likeness (QED) is 0.866. The zero-order chi connectivity index (χ0) is 11.7. The van der Waals surface area contributed by atoms with Gasteiger partial charge in [-0.05, 0) is 6.92 Å². The van der Waals surface area contributed by atoms with Crippen LogP contribution in [0.3, 0.4) is 0 Å². The summed E-state index contributed by atoms with van der Waals surface area (Å²) in [6.07, 6.45) is -0.738. The lowest BCUT2D eigenvalue weighted by molar-refractivity contribution is 0.152. The second kappa shape index (κ2) is 4.39. The predicted molar refractivity (Wildman–Crippen MR) is 59.6 cm³/mol. The lowest BCUT2D eigenvalue weighted by atomic mass is 10.1. The van der Waals surface area contributed by atoms with Crippen molar-refractivity contribution in [3.63, 3.8) is 0 Å². The minimum atomic E-state index is -0.738. The second-order valence-corrected chi connectivity index (χ2v) is 3.88. The van der Waals surface area contributed by atoms with E-state index in [4.69, 9.17) is 25.8 Å². The summed E-state index contributed by atoms with van der Waals surface area (Å²) >= 11 is 6.12. The fraction of sp³-hybridized carbons (Fsp3) is 0.455. The molecule has 1 unspecified atom stereocenters. The molecule has 16 heavy (non-hydrogen) atoms. The lowest BCUT2D eigenvalue weighted by Gasteiger charge is -2.24. The first-order valence-corrected chi connectivity index (χ1v) is 5.37. The van der Waals surface area contributed by atoms with E-state index in [0.29, 0.717) is 41.0 Å². The molecule has 2 rings (SSSR count). The Labute approximate surface area is 98.7 Å². The number of methoxy groups -OCH3 is 1. The van der Waals surface area contributed by atoms with Crippen molar-refractivity contribution in [2.24, 2.45) is 0 Å². The smallest absolute Gasteiger partial charge is 0.168 e. The Kier molecular flexibility index (Phi) is 3.12. The van der Waals surface area contributed by atoms with Crippen molar-refractivity contribution in [3.05, 3.63) is 16.7 Å². The highest BCUT2D eigenvalue weighted by Gasteiger charge is 2.25. The minimum absolute atomic E-state index is 0.363. The third kappa shape index (κ3) is 1.79. The highest BCUT2D eigenvalue weighted by molar-refractivity contribution is 6.33. The molecular weight excluding hydrogens is 232 g/mol. The van der Waals surface area contributed by atoms with Crippen LogP contribution in [-0.4, -0.2) is 25.4 Å². The van der Waals surface area contributed by atoms with E-state index in [0.717, 1.165) is 0 Å². The Hall–Kier alpha value is -1.13. The van der Waals surface area contributed by atoms with Crippen molar-refractivity contribution in [2.75, 3.05) is 20.3 Å². The second-order valence-electron chi connectivity index (χ2n) is 3.51. The van der Waals surface area contributed by atoms with Crippen LogP contribution in [0, 0.1) is 0 Å². The molecule has 0 amide bonds. The van der Waals surface area contributed by atoms with Gasteiger partial charge in [0.15, 0.2) is 11.5 Å². The summed E-state index contributed by atoms with van der Waals surface area (Å²) in [7, 11) is 1.52. The van der Waals surface area contributed by atoms with Crippen molar-refractivity contribution < 1.29 is 19.3 Å². The number of benzene rings is 1. The molecule has 1 N–H and O–H groups in total. The van der Waals surface area contributed by atoms with Crippen LogP contribution >= 0.6 is 11.6 Å². The van der Waals surface area contributed by atoms with Gasteiger partial charge < -0.3 is 19.3 Å². The summed E-state index contributed by atoms with van der Waals surface area (Å²) in [4.78, 5) is 0. The molecule has 0 aromatic heterocycles. The van der Waals surface area contributed by atoms with Crippen LogP contribution in [0.25, 0.3) is 0 Å². The molecule has 1 aliphatic heterocycles. The van der Waals surface area contributed by atoms with Crippen molar-refractivity contribution in [2.45, 2.75) is 13.0 Å². The molecule has 1 aromatic carbocycles. The molecule has 1 aliphatic rings. The zero-order valence-electron chi connectivity index (χ0n) is 9.12. The van der Waals surface area contributed by atoms with E-state index in [9.17, 15) is 5.11 Å². The predicted octanol–water partition coefficient (Wildman–Crippen LogP) is 2.17. The molecular formula is C11H13ClO4. The maximum atomic E-state index is 9.70. The Bertz CT molecular complexity index is 403. The van der Waals surface area contributed by atoms with Gasteiger partial charge in [0.1, 0.15) is 19.0 Å². The molecule has 88 valence electrons. The number of halogens is 1. The third-order valence-corrected chi connectivity index (χ3v) is 2.80. The van der Waals surface area contributed by atoms with Crippen molar-refractivity contribution >= 4 is 11.6 Å². The first-order chi connectivity index (χ1) is 7.65. The molecule has 0 spiro atoms. The van der Waals surface area contributed by atoms with E-state index < -0.39 is 6.10 Å². The van der Waals surface area contributed by atoms with Gasteiger partial charge in [0, 0.05) is 11.6 Å². The standard InChI is InChI=1S/C11H13ClO4/c1-6(13)9-10(12)7(14-2)5-8-11(9)16-4-3-15-8/h5-6,13H,3-4H2,1-2H3. The van der Waals surface area contributed by atoms with Crippen molar-refractivity contribution in [1.82, 2.24) is 0 Å². The highest BCUT2D eigenvalue weighted by atomic mass is 35.5. The summed E-state index contributed by atoms with van der Waals surface area (Å²) in [5.74, 6) is 1.54. The summed E-state index contributed by atoms with van der Waals surface area (Å²) < 4.78 is 16.0. The molecule has 0 saturated carbocycles. The van der Waals surface area contributed by atoms with E-state index >= 15 is 0 Å². The largest absolute Gasteiger partial charge is 0.495 e. The molecule has 0 saturated heterocycles. The van der Waals surface area contributed by atoms with Crippen LogP contribution < -0.4 is 14.2 Å². The number of rotatable bonds is 2. The molecule has 0 fully saturated rings. The van der Waals surface area contributed by atoms with Crippen LogP contribution in [0.2, 0.25) is 5.02 Å². The van der Waals surface area contributed by atoms with Gasteiger partial charge >= 0.3 is 0 Å². The zero-order valence-corrected chi connectivity index (χ0v) is 9.87. The fourth-order valence-corrected chi connectivity index (χ4v) is 2.06. The fourth-order valence-electron chi connectivity index (χ4n) is 1.69. The van der Waals surface area contributed by atoms with Gasteiger partial charge in [-0.3, -0.25) is 0 Å². The SMILES string of the molecule is COc1cc2c(c(C(C)O)c1Cl)OCCO2. The molecule has 1 heterocycles. The third-order valence-electron chi connectivity index (χ3n) is 2.41. The van der Waals surface area contributed by atoms with Gasteiger partial charge in [0.05, 0.1) is 18.2 Å². The van der Waals surface area contributed by atoms with Gasteiger partial charge in [0.2, 0.25) is 0 Å². The Balaban J connectivity index is 2.62. The number of hydrogen-bond donors (Lipinski definition) is 1. The Morgan fingerprint density at radius 3 is 2.75 bits per heavy atom. The Morgan fingerprint density at radius 2 is 2.12 bits per heavy atom. The molecule has 0 bridgehead atoms. The molecule has 0 aliphatic carbocycles. The maximum Gasteiger partial charge on any atom is 0.168 e. The molecule has 4 nitrogen and oxygen atoms in total. The Morgan fingerprint density at radius 1 is 1.44 bits per heavy atom. The van der Waals surface area contributed by atoms with Crippen LogP contribution in [0.5, 0.6) is 17.2 Å². The monoisotopic (exact) mass is 244 g/mol. The number of fused-ring (bicyclic) bond motifs is 1. The first kappa shape index (κ1) is 11.4. The van der Waals surface area contributed by atoms with Crippen LogP contribution in [0.1, 0.15) is 18.6 Å². The van der Waals surface area contributed by atoms with Gasteiger partial charge in [-0.2, -0.15) is 0 Å². The van der Waals surface area contributed by atoms with Gasteiger partial charge in [-0.15, -0.1) is 0 Å². The first-order valence-electron chi connectivity index (χ1n) is 4.99. The number of aliphatic hydroxyl groups is 1. The maximum absolute atomic E-state index is 9.70. The summed E-state index contributed by atoms with van der Waals surface area (Å²) in [6.45, 7) is 2.56. The van der Waals surface area contributed by atoms with Crippen LogP contribution in [0.4, 0.5) is 0 Å². The van der Waals surface area contributed by atoms with Crippen molar-refractivity contribution in [3.8, 4) is 17.2 Å². The summed E-state index contributed by atoms with van der Waals surface area (Å²) in [5.41, 5.74) is 0.510. The molecule has 1 aromatic rings. The average Bonchev–Trinajstić information content (AvgIpc) is 2.27. The van der Waals surface area contributed by atoms with Crippen LogP contribution in [-0.2, 0) is 0 Å². The van der Waals surface area contributed by atoms with E-state index in [1.165, 1.54) is 7.11 Å². The van der Waals surface area contributed by atoms with E-state index in [1.807, 2.05) is 0 Å². The van der Waals surface area contributed by atoms with Gasteiger partial charge in [-0.1, -0.05) is 11.6 Å². The molecule has 1 atom stereocenters. The van der Waals surface area contributed by atoms with Gasteiger partial charge in [0.25, 0.3) is 0 Å². The normalized spacial score (nSPS) is 15.8. The van der Waals surface area contributed by atoms with Crippen molar-refractivity contribution in [1.29, 1.82) is 0 Å². The van der Waals surface area contributed by atoms with E-state index in [1.54, 1.807) is 13.0 Å². The van der Waals surface area contributed by atoms with E-state index in [-0.39, 0.29) is 0 Å².